The molecule has 0 atom stereocenters. The van der Waals surface area contributed by atoms with E-state index in [9.17, 15) is 9.18 Å². The molecule has 0 aliphatic carbocycles. The number of rotatable bonds is 4. The van der Waals surface area contributed by atoms with Crippen LogP contribution in [-0.2, 0) is 4.74 Å². The summed E-state index contributed by atoms with van der Waals surface area (Å²) < 4.78 is 19.4. The summed E-state index contributed by atoms with van der Waals surface area (Å²) in [5.74, 6) is -0.266. The third-order valence-corrected chi connectivity index (χ3v) is 3.40. The van der Waals surface area contributed by atoms with E-state index in [1.165, 1.54) is 0 Å². The Morgan fingerprint density at radius 2 is 2.04 bits per heavy atom. The van der Waals surface area contributed by atoms with Crippen LogP contribution in [0.1, 0.15) is 26.3 Å². The Morgan fingerprint density at radius 1 is 1.36 bits per heavy atom. The predicted molar refractivity (Wildman–Crippen MR) is 97.4 cm³/mol. The number of amides is 1. The molecule has 0 saturated carbocycles. The Balaban J connectivity index is 2.10. The summed E-state index contributed by atoms with van der Waals surface area (Å²) in [6.07, 6.45) is -0.519. The van der Waals surface area contributed by atoms with Crippen LogP contribution in [-0.4, -0.2) is 42.6 Å². The van der Waals surface area contributed by atoms with Crippen molar-refractivity contribution in [1.82, 2.24) is 15.3 Å². The molecule has 0 aliphatic heterocycles. The highest BCUT2D eigenvalue weighted by Crippen LogP contribution is 2.24. The van der Waals surface area contributed by atoms with Crippen molar-refractivity contribution < 1.29 is 13.9 Å². The molecule has 6 nitrogen and oxygen atoms in total. The fourth-order valence-electron chi connectivity index (χ4n) is 2.14. The molecule has 0 saturated heterocycles. The van der Waals surface area contributed by atoms with E-state index in [1.54, 1.807) is 33.8 Å². The monoisotopic (exact) mass is 364 g/mol. The van der Waals surface area contributed by atoms with E-state index in [2.05, 4.69) is 20.6 Å². The molecule has 0 unspecified atom stereocenters. The zero-order valence-electron chi connectivity index (χ0n) is 14.5. The summed E-state index contributed by atoms with van der Waals surface area (Å²) in [4.78, 5) is 19.6. The zero-order chi connectivity index (χ0) is 18.8. The van der Waals surface area contributed by atoms with E-state index < -0.39 is 17.5 Å². The van der Waals surface area contributed by atoms with Gasteiger partial charge in [0.1, 0.15) is 30.6 Å². The molecule has 0 spiro atoms. The van der Waals surface area contributed by atoms with E-state index in [0.29, 0.717) is 23.3 Å². The van der Waals surface area contributed by atoms with E-state index in [1.807, 2.05) is 0 Å². The van der Waals surface area contributed by atoms with Crippen molar-refractivity contribution in [3.8, 4) is 0 Å². The summed E-state index contributed by atoms with van der Waals surface area (Å²) in [6, 6.07) is 1.69. The third kappa shape index (κ3) is 4.95. The van der Waals surface area contributed by atoms with Crippen molar-refractivity contribution >= 4 is 47.7 Å². The maximum Gasteiger partial charge on any atom is 0.407 e. The molecule has 2 aromatic rings. The van der Waals surface area contributed by atoms with Crippen LogP contribution in [0.5, 0.6) is 0 Å². The lowest BCUT2D eigenvalue weighted by Crippen LogP contribution is -2.35. The van der Waals surface area contributed by atoms with Crippen molar-refractivity contribution in [3.05, 3.63) is 22.7 Å². The van der Waals surface area contributed by atoms with Crippen LogP contribution in [0.4, 0.5) is 15.0 Å². The van der Waals surface area contributed by atoms with E-state index >= 15 is 0 Å². The minimum Gasteiger partial charge on any atom is -0.444 e. The molecule has 1 heterocycles. The van der Waals surface area contributed by atoms with E-state index in [0.717, 1.165) is 0 Å². The molecular weight excluding hydrogens is 345 g/mol. The Hall–Kier alpha value is -2.09. The SMILES string of the molecule is [B]c1c(C)cc2c(NCCNC(=O)OC(C)(C)C)nc(Cl)nc2c1F. The first-order chi connectivity index (χ1) is 11.6. The van der Waals surface area contributed by atoms with Gasteiger partial charge in [0.2, 0.25) is 5.28 Å². The topological polar surface area (TPSA) is 76.1 Å². The number of carbonyl (C=O) groups excluding carboxylic acids is 1. The summed E-state index contributed by atoms with van der Waals surface area (Å²) in [7, 11) is 5.69. The smallest absolute Gasteiger partial charge is 0.407 e. The number of halogens is 2. The molecule has 2 rings (SSSR count). The van der Waals surface area contributed by atoms with Crippen LogP contribution in [0.25, 0.3) is 10.9 Å². The van der Waals surface area contributed by atoms with Crippen molar-refractivity contribution in [1.29, 1.82) is 0 Å². The molecule has 132 valence electrons. The number of carbonyl (C=O) groups is 1. The third-order valence-electron chi connectivity index (χ3n) is 3.23. The van der Waals surface area contributed by atoms with Crippen LogP contribution >= 0.6 is 11.6 Å². The molecule has 0 fully saturated rings. The number of nitrogens with zero attached hydrogens (tertiary/aromatic N) is 2. The van der Waals surface area contributed by atoms with Gasteiger partial charge in [-0.05, 0) is 45.4 Å². The molecule has 25 heavy (non-hydrogen) atoms. The number of fused-ring (bicyclic) bond motifs is 1. The van der Waals surface area contributed by atoms with Gasteiger partial charge in [0.05, 0.1) is 0 Å². The molecule has 2 N–H and O–H groups in total. The van der Waals surface area contributed by atoms with Crippen LogP contribution in [0.3, 0.4) is 0 Å². The van der Waals surface area contributed by atoms with Crippen LogP contribution in [0.15, 0.2) is 6.07 Å². The van der Waals surface area contributed by atoms with E-state index in [-0.39, 0.29) is 22.8 Å². The van der Waals surface area contributed by atoms with Crippen molar-refractivity contribution in [2.75, 3.05) is 18.4 Å². The van der Waals surface area contributed by atoms with Crippen LogP contribution in [0.2, 0.25) is 5.28 Å². The lowest BCUT2D eigenvalue weighted by molar-refractivity contribution is 0.0530. The average molecular weight is 365 g/mol. The van der Waals surface area contributed by atoms with Crippen molar-refractivity contribution in [2.24, 2.45) is 0 Å². The standard InChI is InChI=1S/C16H19BClFN4O2/c1-8-7-9-12(11(19)10(8)17)22-14(18)23-13(9)20-5-6-21-15(24)25-16(2,3)4/h7H,5-6H2,1-4H3,(H,21,24)(H,20,22,23). The minimum atomic E-state index is -0.630. The first-order valence-electron chi connectivity index (χ1n) is 7.71. The van der Waals surface area contributed by atoms with Gasteiger partial charge < -0.3 is 15.4 Å². The van der Waals surface area contributed by atoms with Gasteiger partial charge in [-0.3, -0.25) is 0 Å². The first-order valence-corrected chi connectivity index (χ1v) is 8.09. The van der Waals surface area contributed by atoms with Gasteiger partial charge in [-0.1, -0.05) is 11.0 Å². The minimum absolute atomic E-state index is 0.0276. The fourth-order valence-corrected chi connectivity index (χ4v) is 2.30. The van der Waals surface area contributed by atoms with Gasteiger partial charge in [-0.25, -0.2) is 19.2 Å². The predicted octanol–water partition coefficient (Wildman–Crippen LogP) is 2.46. The molecule has 1 aromatic heterocycles. The maximum atomic E-state index is 14.3. The second-order valence-corrected chi connectivity index (χ2v) is 6.85. The molecule has 0 aliphatic rings. The normalized spacial score (nSPS) is 11.4. The Bertz CT molecular complexity index is 811. The molecule has 1 amide bonds. The quantitative estimate of drug-likeness (QED) is 0.495. The molecule has 2 radical (unpaired) electrons. The van der Waals surface area contributed by atoms with Gasteiger partial charge in [0.15, 0.2) is 0 Å². The van der Waals surface area contributed by atoms with Crippen molar-refractivity contribution in [2.45, 2.75) is 33.3 Å². The second-order valence-electron chi connectivity index (χ2n) is 6.51. The second kappa shape index (κ2) is 7.43. The van der Waals surface area contributed by atoms with Crippen LogP contribution < -0.4 is 16.1 Å². The number of aromatic nitrogens is 2. The highest BCUT2D eigenvalue weighted by Gasteiger charge is 2.16. The Labute approximate surface area is 151 Å². The summed E-state index contributed by atoms with van der Waals surface area (Å²) in [5, 5.41) is 5.98. The van der Waals surface area contributed by atoms with Gasteiger partial charge >= 0.3 is 6.09 Å². The number of hydrogen-bond donors (Lipinski definition) is 2. The number of aryl methyl sites for hydroxylation is 1. The maximum absolute atomic E-state index is 14.3. The number of ether oxygens (including phenoxy) is 1. The number of nitrogens with one attached hydrogen (secondary N) is 2. The van der Waals surface area contributed by atoms with E-state index in [4.69, 9.17) is 24.2 Å². The van der Waals surface area contributed by atoms with Crippen molar-refractivity contribution in [3.63, 3.8) is 0 Å². The molecule has 0 bridgehead atoms. The molecule has 1 aromatic carbocycles. The Morgan fingerprint density at radius 3 is 2.68 bits per heavy atom. The number of hydrogen-bond acceptors (Lipinski definition) is 5. The summed E-state index contributed by atoms with van der Waals surface area (Å²) >= 11 is 5.86. The summed E-state index contributed by atoms with van der Waals surface area (Å²) in [5.41, 5.74) is 0.0828. The zero-order valence-corrected chi connectivity index (χ0v) is 15.3. The van der Waals surface area contributed by atoms with Gasteiger partial charge in [0.25, 0.3) is 0 Å². The average Bonchev–Trinajstić information content (AvgIpc) is 2.48. The van der Waals surface area contributed by atoms with Gasteiger partial charge in [-0.15, -0.1) is 0 Å². The Kier molecular flexibility index (Phi) is 5.72. The fraction of sp³-hybridized carbons (Fsp3) is 0.438. The highest BCUT2D eigenvalue weighted by atomic mass is 35.5. The molecule has 9 heteroatoms. The van der Waals surface area contributed by atoms with Gasteiger partial charge in [0, 0.05) is 18.5 Å². The summed E-state index contributed by atoms with van der Waals surface area (Å²) in [6.45, 7) is 7.66. The lowest BCUT2D eigenvalue weighted by atomic mass is 9.89. The highest BCUT2D eigenvalue weighted by molar-refractivity contribution is 6.34. The number of benzene rings is 1. The van der Waals surface area contributed by atoms with Gasteiger partial charge in [-0.2, -0.15) is 0 Å². The number of alkyl carbamates (subject to hydrolysis) is 1. The number of anilines is 1. The largest absolute Gasteiger partial charge is 0.444 e. The van der Waals surface area contributed by atoms with Crippen LogP contribution in [0, 0.1) is 12.7 Å². The molecular formula is C16H19BClFN4O2. The lowest BCUT2D eigenvalue weighted by Gasteiger charge is -2.19. The first kappa shape index (κ1) is 19.2.